The van der Waals surface area contributed by atoms with E-state index in [1.54, 1.807) is 49.4 Å². The Kier molecular flexibility index (Phi) is 7.00. The summed E-state index contributed by atoms with van der Waals surface area (Å²) >= 11 is 11.9. The van der Waals surface area contributed by atoms with Crippen molar-refractivity contribution in [2.75, 3.05) is 5.43 Å². The maximum absolute atomic E-state index is 13.0. The minimum atomic E-state index is -4.02. The molecule has 0 aliphatic heterocycles. The normalized spacial score (nSPS) is 11.3. The van der Waals surface area contributed by atoms with Crippen LogP contribution in [0.5, 0.6) is 0 Å². The number of carbonyl (C=O) groups excluding carboxylic acids is 1. The topological polar surface area (TPSA) is 127 Å². The number of carbonyl (C=O) groups is 1. The van der Waals surface area contributed by atoms with Gasteiger partial charge in [0.15, 0.2) is 0 Å². The first-order chi connectivity index (χ1) is 16.7. The standard InChI is InChI=1S/C24H19Cl2N5O3S/c1-14-23(24(32)28-13-16-4-2-15(12-27)3-5-16)19-11-18(7-9-21(19)29-14)30-31-35(33,34)22-10-17(25)6-8-20(22)26/h2-11,29-31H,13H2,1H3,(H,28,32). The SMILES string of the molecule is Cc1[nH]c2ccc(NNS(=O)(=O)c3cc(Cl)ccc3Cl)cc2c1C(=O)NCc1ccc(C#N)cc1. The molecule has 0 saturated heterocycles. The van der Waals surface area contributed by atoms with Gasteiger partial charge in [-0.3, -0.25) is 4.79 Å². The zero-order chi connectivity index (χ0) is 25.2. The molecular weight excluding hydrogens is 509 g/mol. The van der Waals surface area contributed by atoms with Gasteiger partial charge in [-0.1, -0.05) is 35.3 Å². The molecule has 0 aliphatic carbocycles. The van der Waals surface area contributed by atoms with Crippen LogP contribution in [0.25, 0.3) is 10.9 Å². The fourth-order valence-electron chi connectivity index (χ4n) is 3.53. The molecular formula is C24H19Cl2N5O3S. The average molecular weight is 528 g/mol. The van der Waals surface area contributed by atoms with Gasteiger partial charge in [0, 0.05) is 28.2 Å². The molecule has 3 aromatic carbocycles. The number of rotatable bonds is 7. The lowest BCUT2D eigenvalue weighted by atomic mass is 10.1. The van der Waals surface area contributed by atoms with Crippen molar-refractivity contribution in [3.63, 3.8) is 0 Å². The number of hydrogen-bond donors (Lipinski definition) is 4. The third kappa shape index (κ3) is 5.42. The molecule has 1 aromatic heterocycles. The monoisotopic (exact) mass is 527 g/mol. The highest BCUT2D eigenvalue weighted by Crippen LogP contribution is 2.27. The van der Waals surface area contributed by atoms with Crippen molar-refractivity contribution >= 4 is 55.7 Å². The van der Waals surface area contributed by atoms with E-state index in [0.717, 1.165) is 11.1 Å². The minimum Gasteiger partial charge on any atom is -0.358 e. The van der Waals surface area contributed by atoms with E-state index in [1.165, 1.54) is 18.2 Å². The number of nitrogens with zero attached hydrogens (tertiary/aromatic N) is 1. The van der Waals surface area contributed by atoms with E-state index in [0.29, 0.717) is 27.9 Å². The number of amides is 1. The lowest BCUT2D eigenvalue weighted by Crippen LogP contribution is -2.29. The lowest BCUT2D eigenvalue weighted by Gasteiger charge is -2.11. The van der Waals surface area contributed by atoms with Gasteiger partial charge in [-0.2, -0.15) is 5.26 Å². The fraction of sp³-hybridized carbons (Fsp3) is 0.0833. The van der Waals surface area contributed by atoms with E-state index in [9.17, 15) is 13.2 Å². The van der Waals surface area contributed by atoms with Gasteiger partial charge >= 0.3 is 0 Å². The van der Waals surface area contributed by atoms with Crippen LogP contribution >= 0.6 is 23.2 Å². The van der Waals surface area contributed by atoms with Gasteiger partial charge < -0.3 is 15.7 Å². The zero-order valence-corrected chi connectivity index (χ0v) is 20.6. The summed E-state index contributed by atoms with van der Waals surface area (Å²) in [5, 5.41) is 12.7. The van der Waals surface area contributed by atoms with Gasteiger partial charge in [-0.05, 0) is 61.0 Å². The quantitative estimate of drug-likeness (QED) is 0.254. The number of nitrogens with one attached hydrogen (secondary N) is 4. The van der Waals surface area contributed by atoms with Crippen molar-refractivity contribution in [3.05, 3.63) is 93.1 Å². The number of anilines is 1. The Balaban J connectivity index is 1.53. The molecule has 11 heteroatoms. The summed E-state index contributed by atoms with van der Waals surface area (Å²) in [5.74, 6) is -0.290. The Hall–Kier alpha value is -3.55. The highest BCUT2D eigenvalue weighted by atomic mass is 35.5. The predicted octanol–water partition coefficient (Wildman–Crippen LogP) is 4.89. The molecule has 35 heavy (non-hydrogen) atoms. The average Bonchev–Trinajstić information content (AvgIpc) is 3.18. The Morgan fingerprint density at radius 2 is 1.80 bits per heavy atom. The minimum absolute atomic E-state index is 0.0293. The van der Waals surface area contributed by atoms with Crippen molar-refractivity contribution in [2.24, 2.45) is 0 Å². The predicted molar refractivity (Wildman–Crippen MR) is 136 cm³/mol. The molecule has 0 radical (unpaired) electrons. The first-order valence-electron chi connectivity index (χ1n) is 10.3. The second kappa shape index (κ2) is 9.98. The number of benzene rings is 3. The Bertz CT molecular complexity index is 1580. The number of nitriles is 1. The Morgan fingerprint density at radius 3 is 2.51 bits per heavy atom. The fourth-order valence-corrected chi connectivity index (χ4v) is 5.16. The summed E-state index contributed by atoms with van der Waals surface area (Å²) in [6, 6.07) is 18.2. The molecule has 0 unspecified atom stereocenters. The second-order valence-corrected chi connectivity index (χ2v) is 10.2. The molecule has 0 atom stereocenters. The van der Waals surface area contributed by atoms with E-state index < -0.39 is 10.0 Å². The maximum atomic E-state index is 13.0. The summed E-state index contributed by atoms with van der Waals surface area (Å²) in [5.41, 5.74) is 6.30. The smallest absolute Gasteiger partial charge is 0.258 e. The highest BCUT2D eigenvalue weighted by Gasteiger charge is 2.20. The summed E-state index contributed by atoms with van der Waals surface area (Å²) in [4.78, 5) is 18.3. The van der Waals surface area contributed by atoms with Crippen LogP contribution in [0.3, 0.4) is 0 Å². The molecule has 0 spiro atoms. The number of sulfonamides is 1. The first kappa shape index (κ1) is 24.6. The largest absolute Gasteiger partial charge is 0.358 e. The second-order valence-electron chi connectivity index (χ2n) is 7.68. The lowest BCUT2D eigenvalue weighted by molar-refractivity contribution is 0.0952. The number of hydrazine groups is 1. The van der Waals surface area contributed by atoms with Crippen LogP contribution in [0, 0.1) is 18.3 Å². The Morgan fingerprint density at radius 1 is 1.06 bits per heavy atom. The molecule has 1 amide bonds. The van der Waals surface area contributed by atoms with E-state index in [1.807, 2.05) is 0 Å². The summed E-state index contributed by atoms with van der Waals surface area (Å²) in [6.07, 6.45) is 0. The molecule has 0 fully saturated rings. The number of aryl methyl sites for hydroxylation is 1. The van der Waals surface area contributed by atoms with Crippen LogP contribution in [-0.4, -0.2) is 19.3 Å². The van der Waals surface area contributed by atoms with Gasteiger partial charge in [0.1, 0.15) is 4.90 Å². The van der Waals surface area contributed by atoms with Crippen LogP contribution in [-0.2, 0) is 16.6 Å². The molecule has 0 saturated carbocycles. The Labute approximate surface area is 211 Å². The van der Waals surface area contributed by atoms with Gasteiger partial charge in [-0.25, -0.2) is 8.42 Å². The highest BCUT2D eigenvalue weighted by molar-refractivity contribution is 7.89. The van der Waals surface area contributed by atoms with Crippen molar-refractivity contribution in [1.82, 2.24) is 15.1 Å². The van der Waals surface area contributed by atoms with Crippen LogP contribution in [0.4, 0.5) is 5.69 Å². The van der Waals surface area contributed by atoms with Crippen molar-refractivity contribution < 1.29 is 13.2 Å². The van der Waals surface area contributed by atoms with E-state index in [-0.39, 0.29) is 27.4 Å². The zero-order valence-electron chi connectivity index (χ0n) is 18.3. The molecule has 4 aromatic rings. The first-order valence-corrected chi connectivity index (χ1v) is 12.5. The molecule has 0 bridgehead atoms. The molecule has 178 valence electrons. The van der Waals surface area contributed by atoms with Crippen LogP contribution < -0.4 is 15.6 Å². The van der Waals surface area contributed by atoms with Crippen molar-refractivity contribution in [1.29, 1.82) is 5.26 Å². The summed E-state index contributed by atoms with van der Waals surface area (Å²) < 4.78 is 25.4. The van der Waals surface area contributed by atoms with Gasteiger partial charge in [0.2, 0.25) is 0 Å². The van der Waals surface area contributed by atoms with E-state index >= 15 is 0 Å². The maximum Gasteiger partial charge on any atom is 0.258 e. The van der Waals surface area contributed by atoms with Gasteiger partial charge in [0.05, 0.1) is 27.9 Å². The van der Waals surface area contributed by atoms with Crippen molar-refractivity contribution in [3.8, 4) is 6.07 Å². The number of aromatic amines is 1. The van der Waals surface area contributed by atoms with Crippen molar-refractivity contribution in [2.45, 2.75) is 18.4 Å². The molecule has 0 aliphatic rings. The number of aromatic nitrogens is 1. The van der Waals surface area contributed by atoms with Crippen LogP contribution in [0.1, 0.15) is 27.2 Å². The third-order valence-electron chi connectivity index (χ3n) is 5.26. The molecule has 4 N–H and O–H groups in total. The number of halogens is 2. The summed E-state index contributed by atoms with van der Waals surface area (Å²) in [6.45, 7) is 2.07. The van der Waals surface area contributed by atoms with Crippen LogP contribution in [0.2, 0.25) is 10.0 Å². The van der Waals surface area contributed by atoms with E-state index in [2.05, 4.69) is 26.6 Å². The third-order valence-corrected chi connectivity index (χ3v) is 7.23. The number of fused-ring (bicyclic) bond motifs is 1. The van der Waals surface area contributed by atoms with Gasteiger partial charge in [-0.15, -0.1) is 4.83 Å². The molecule has 8 nitrogen and oxygen atoms in total. The van der Waals surface area contributed by atoms with E-state index in [4.69, 9.17) is 28.5 Å². The molecule has 1 heterocycles. The van der Waals surface area contributed by atoms with Crippen LogP contribution in [0.15, 0.2) is 65.6 Å². The number of H-pyrrole nitrogens is 1. The molecule has 4 rings (SSSR count). The van der Waals surface area contributed by atoms with Gasteiger partial charge in [0.25, 0.3) is 15.9 Å². The summed E-state index contributed by atoms with van der Waals surface area (Å²) in [7, 11) is -4.02. The number of hydrogen-bond acceptors (Lipinski definition) is 5.